The first-order chi connectivity index (χ1) is 8.45. The fraction of sp³-hybridized carbons (Fsp3) is 0. The molecule has 0 aromatic heterocycles. The molecule has 2 aromatic rings. The van der Waals surface area contributed by atoms with Gasteiger partial charge in [0.25, 0.3) is 0 Å². The minimum atomic E-state index is 0.169. The van der Waals surface area contributed by atoms with Crippen LogP contribution in [0.15, 0.2) is 67.4 Å². The minimum absolute atomic E-state index is 0.169. The average molecular weight is 372 g/mol. The maximum absolute atomic E-state index is 4.38. The number of hydrogen-bond acceptors (Lipinski definition) is 2. The summed E-state index contributed by atoms with van der Waals surface area (Å²) >= 11 is 1.69. The van der Waals surface area contributed by atoms with Crippen LogP contribution in [0.5, 0.6) is 0 Å². The fourth-order valence-corrected chi connectivity index (χ4v) is 5.10. The Balaban J connectivity index is 1.85. The summed E-state index contributed by atoms with van der Waals surface area (Å²) in [5, 5.41) is 0. The topological polar surface area (TPSA) is 24.7 Å². The zero-order valence-electron chi connectivity index (χ0n) is 8.89. The quantitative estimate of drug-likeness (QED) is 0.724. The summed E-state index contributed by atoms with van der Waals surface area (Å²) in [7, 11) is 0. The molecule has 0 radical (unpaired) electrons. The molecular weight excluding hydrogens is 362 g/mol. The van der Waals surface area contributed by atoms with Crippen molar-refractivity contribution in [1.29, 1.82) is 0 Å². The Kier molecular flexibility index (Phi) is 5.69. The molecule has 0 bridgehead atoms. The van der Waals surface area contributed by atoms with Crippen LogP contribution in [0.4, 0.5) is 0 Å². The van der Waals surface area contributed by atoms with Crippen molar-refractivity contribution in [3.63, 3.8) is 0 Å². The van der Waals surface area contributed by atoms with Gasteiger partial charge >= 0.3 is 118 Å². The predicted octanol–water partition coefficient (Wildman–Crippen LogP) is 1.33. The van der Waals surface area contributed by atoms with E-state index in [1.165, 1.54) is 20.3 Å². The summed E-state index contributed by atoms with van der Waals surface area (Å²) in [5.41, 5.74) is 0. The van der Waals surface area contributed by atoms with E-state index in [0.29, 0.717) is 0 Å². The van der Waals surface area contributed by atoms with Crippen LogP contribution in [0, 0.1) is 0 Å². The third kappa shape index (κ3) is 4.98. The summed E-state index contributed by atoms with van der Waals surface area (Å²) in [6.45, 7) is 0. The molecule has 0 N–H and O–H groups in total. The van der Waals surface area contributed by atoms with Crippen molar-refractivity contribution in [2.75, 3.05) is 0 Å². The van der Waals surface area contributed by atoms with E-state index in [0.717, 1.165) is 0 Å². The normalized spacial score (nSPS) is 9.65. The summed E-state index contributed by atoms with van der Waals surface area (Å²) in [6, 6.07) is 20.6. The van der Waals surface area contributed by atoms with Crippen LogP contribution in [0.3, 0.4) is 0 Å². The predicted molar refractivity (Wildman–Crippen MR) is 75.9 cm³/mol. The molecule has 0 saturated carbocycles. The fourth-order valence-electron chi connectivity index (χ4n) is 1.10. The van der Waals surface area contributed by atoms with Crippen LogP contribution in [-0.2, 0) is 11.4 Å². The summed E-state index contributed by atoms with van der Waals surface area (Å²) in [6.07, 6.45) is 0. The summed E-state index contributed by atoms with van der Waals surface area (Å²) < 4.78 is 11.3. The zero-order valence-corrected chi connectivity index (χ0v) is 13.1. The van der Waals surface area contributed by atoms with Crippen molar-refractivity contribution in [3.05, 3.63) is 60.7 Å². The molecule has 2 aromatic carbocycles. The maximum atomic E-state index is 4.38. The van der Waals surface area contributed by atoms with E-state index in [9.17, 15) is 0 Å². The number of nitrogens with zero attached hydrogens (tertiary/aromatic N) is 2. The Hall–Kier alpha value is -0.701. The molecule has 0 amide bonds. The van der Waals surface area contributed by atoms with Gasteiger partial charge in [0, 0.05) is 0 Å². The standard InChI is InChI=1S/C12H10N2SSe2/c1-3-7-11(8-4-1)16-13-15-14-17-12-9-5-2-6-10-12/h1-10H. The van der Waals surface area contributed by atoms with Crippen molar-refractivity contribution in [2.24, 2.45) is 6.76 Å². The Morgan fingerprint density at radius 2 is 1.06 bits per heavy atom. The molecule has 2 nitrogen and oxygen atoms in total. The van der Waals surface area contributed by atoms with Crippen LogP contribution in [0.2, 0.25) is 0 Å². The van der Waals surface area contributed by atoms with Crippen LogP contribution >= 0.6 is 0 Å². The molecule has 0 fully saturated rings. The van der Waals surface area contributed by atoms with Crippen LogP contribution < -0.4 is 8.92 Å². The van der Waals surface area contributed by atoms with E-state index in [1.54, 1.807) is 0 Å². The van der Waals surface area contributed by atoms with Crippen molar-refractivity contribution in [3.8, 4) is 0 Å². The van der Waals surface area contributed by atoms with Crippen molar-refractivity contribution >= 4 is 50.6 Å². The Labute approximate surface area is 117 Å². The molecule has 0 aliphatic rings. The van der Waals surface area contributed by atoms with Crippen LogP contribution in [-0.4, -0.2) is 30.3 Å². The van der Waals surface area contributed by atoms with E-state index in [4.69, 9.17) is 0 Å². The monoisotopic (exact) mass is 374 g/mol. The summed E-state index contributed by atoms with van der Waals surface area (Å²) in [5.74, 6) is 0. The first-order valence-corrected chi connectivity index (χ1v) is 8.94. The SMILES string of the molecule is c1ccc([Se]N=S=N[Se]c2ccccc2)cc1. The van der Waals surface area contributed by atoms with Gasteiger partial charge in [0.05, 0.1) is 0 Å². The third-order valence-corrected chi connectivity index (χ3v) is 5.93. The Morgan fingerprint density at radius 1 is 0.647 bits per heavy atom. The van der Waals surface area contributed by atoms with Gasteiger partial charge in [-0.1, -0.05) is 0 Å². The van der Waals surface area contributed by atoms with Crippen molar-refractivity contribution in [2.45, 2.75) is 0 Å². The van der Waals surface area contributed by atoms with Gasteiger partial charge in [-0.3, -0.25) is 0 Å². The van der Waals surface area contributed by atoms with Gasteiger partial charge < -0.3 is 0 Å². The zero-order chi connectivity index (χ0) is 11.8. The van der Waals surface area contributed by atoms with Gasteiger partial charge in [0.1, 0.15) is 0 Å². The molecule has 0 spiro atoms. The number of benzene rings is 2. The molecule has 0 saturated heterocycles. The first kappa shape index (κ1) is 12.7. The van der Waals surface area contributed by atoms with Gasteiger partial charge in [-0.25, -0.2) is 0 Å². The van der Waals surface area contributed by atoms with E-state index < -0.39 is 0 Å². The van der Waals surface area contributed by atoms with Gasteiger partial charge in [-0.15, -0.1) is 0 Å². The second kappa shape index (κ2) is 7.59. The van der Waals surface area contributed by atoms with Gasteiger partial charge in [-0.05, 0) is 0 Å². The van der Waals surface area contributed by atoms with Gasteiger partial charge in [0.15, 0.2) is 0 Å². The van der Waals surface area contributed by atoms with E-state index in [-0.39, 0.29) is 30.3 Å². The van der Waals surface area contributed by atoms with Crippen LogP contribution in [0.1, 0.15) is 0 Å². The first-order valence-electron chi connectivity index (χ1n) is 4.96. The number of hydrogen-bond donors (Lipinski definition) is 0. The molecule has 0 aliphatic carbocycles. The number of rotatable bonds is 4. The Bertz CT molecular complexity index is 465. The van der Waals surface area contributed by atoms with Gasteiger partial charge in [-0.2, -0.15) is 0 Å². The second-order valence-electron chi connectivity index (χ2n) is 3.04. The average Bonchev–Trinajstić information content (AvgIpc) is 2.41. The second-order valence-corrected chi connectivity index (χ2v) is 8.12. The molecule has 2 rings (SSSR count). The molecule has 17 heavy (non-hydrogen) atoms. The van der Waals surface area contributed by atoms with E-state index >= 15 is 0 Å². The van der Waals surface area contributed by atoms with Crippen molar-refractivity contribution in [1.82, 2.24) is 0 Å². The van der Waals surface area contributed by atoms with E-state index in [1.807, 2.05) is 36.4 Å². The van der Waals surface area contributed by atoms with E-state index in [2.05, 4.69) is 31.0 Å². The molecule has 86 valence electrons. The summed E-state index contributed by atoms with van der Waals surface area (Å²) in [4.78, 5) is 0. The molecule has 0 aliphatic heterocycles. The van der Waals surface area contributed by atoms with Gasteiger partial charge in [0.2, 0.25) is 0 Å². The molecular formula is C12H10N2SSe2. The van der Waals surface area contributed by atoms with Crippen LogP contribution in [0.25, 0.3) is 0 Å². The molecule has 5 heteroatoms. The van der Waals surface area contributed by atoms with Crippen molar-refractivity contribution < 1.29 is 0 Å². The molecule has 0 heterocycles. The Morgan fingerprint density at radius 3 is 1.47 bits per heavy atom. The molecule has 0 atom stereocenters. The molecule has 0 unspecified atom stereocenters. The third-order valence-electron chi connectivity index (χ3n) is 1.84.